The summed E-state index contributed by atoms with van der Waals surface area (Å²) in [4.78, 5) is 39.7. The number of nitrogens with one attached hydrogen (secondary N) is 3. The van der Waals surface area contributed by atoms with Crippen molar-refractivity contribution in [2.24, 2.45) is 17.8 Å². The molecule has 0 spiro atoms. The molecule has 2 aromatic carbocycles. The lowest BCUT2D eigenvalue weighted by molar-refractivity contribution is -0.140. The van der Waals surface area contributed by atoms with Crippen LogP contribution in [0.1, 0.15) is 31.4 Å². The van der Waals surface area contributed by atoms with Crippen LogP contribution in [0, 0.1) is 17.8 Å². The number of carbonyl (C=O) groups is 3. The Balaban J connectivity index is 1.79. The van der Waals surface area contributed by atoms with E-state index in [4.69, 9.17) is 0 Å². The molecule has 2 aromatic rings. The van der Waals surface area contributed by atoms with Crippen LogP contribution in [0.15, 0.2) is 59.5 Å². The van der Waals surface area contributed by atoms with Crippen LogP contribution in [-0.4, -0.2) is 34.7 Å². The summed E-state index contributed by atoms with van der Waals surface area (Å²) < 4.78 is 0. The molecule has 3 amide bonds. The van der Waals surface area contributed by atoms with E-state index in [0.29, 0.717) is 25.1 Å². The maximum Gasteiger partial charge on any atom is 0.248 e. The molecule has 0 saturated heterocycles. The highest BCUT2D eigenvalue weighted by Gasteiger charge is 2.36. The Morgan fingerprint density at radius 1 is 1.03 bits per heavy atom. The van der Waals surface area contributed by atoms with E-state index in [1.165, 1.54) is 11.8 Å². The van der Waals surface area contributed by atoms with Gasteiger partial charge in [0.15, 0.2) is 0 Å². The molecule has 0 aromatic heterocycles. The summed E-state index contributed by atoms with van der Waals surface area (Å²) in [7, 11) is 0. The van der Waals surface area contributed by atoms with Crippen molar-refractivity contribution in [1.82, 2.24) is 16.1 Å². The molecular weight excluding hydrogens is 438 g/mol. The maximum absolute atomic E-state index is 13.4. The average molecular weight is 470 g/mol. The average Bonchev–Trinajstić information content (AvgIpc) is 2.97. The molecule has 4 N–H and O–H groups in total. The van der Waals surface area contributed by atoms with Gasteiger partial charge in [0.05, 0.1) is 11.8 Å². The molecule has 8 heteroatoms. The van der Waals surface area contributed by atoms with Crippen LogP contribution >= 0.6 is 11.8 Å². The molecule has 7 nitrogen and oxygen atoms in total. The second kappa shape index (κ2) is 11.9. The standard InChI is InChI=1S/C25H31N3O4S/c1-16(2)12-20(21(24(30)28-32)15-33-19-10-4-3-5-11-19)23(29)27-22-13-17-8-6-7-9-18(17)14-26-25(22)31/h3-11,16,20-22,32H,12-15H2,1-2H3,(H,26,31)(H,27,29)(H,28,30)/t20-,21-,22+/m1/s1. The largest absolute Gasteiger partial charge is 0.350 e. The van der Waals surface area contributed by atoms with Crippen molar-refractivity contribution >= 4 is 29.5 Å². The van der Waals surface area contributed by atoms with Gasteiger partial charge in [-0.15, -0.1) is 11.8 Å². The summed E-state index contributed by atoms with van der Waals surface area (Å²) in [5, 5.41) is 15.1. The van der Waals surface area contributed by atoms with E-state index in [2.05, 4.69) is 10.6 Å². The first-order valence-electron chi connectivity index (χ1n) is 11.2. The van der Waals surface area contributed by atoms with Gasteiger partial charge in [-0.25, -0.2) is 5.48 Å². The number of carbonyl (C=O) groups excluding carboxylic acids is 3. The number of amides is 3. The first kappa shape index (κ1) is 24.8. The van der Waals surface area contributed by atoms with E-state index in [0.717, 1.165) is 16.0 Å². The summed E-state index contributed by atoms with van der Waals surface area (Å²) in [6.45, 7) is 4.38. The fourth-order valence-corrected chi connectivity index (χ4v) is 5.17. The smallest absolute Gasteiger partial charge is 0.248 e. The highest BCUT2D eigenvalue weighted by Crippen LogP contribution is 2.29. The number of hydroxylamine groups is 1. The van der Waals surface area contributed by atoms with Crippen molar-refractivity contribution in [3.63, 3.8) is 0 Å². The number of rotatable bonds is 9. The Morgan fingerprint density at radius 3 is 2.36 bits per heavy atom. The van der Waals surface area contributed by atoms with E-state index < -0.39 is 23.8 Å². The number of thioether (sulfide) groups is 1. The minimum absolute atomic E-state index is 0.139. The van der Waals surface area contributed by atoms with Gasteiger partial charge in [-0.3, -0.25) is 19.6 Å². The van der Waals surface area contributed by atoms with E-state index in [-0.39, 0.29) is 17.7 Å². The van der Waals surface area contributed by atoms with Crippen LogP contribution in [0.5, 0.6) is 0 Å². The lowest BCUT2D eigenvalue weighted by atomic mass is 9.84. The predicted octanol–water partition coefficient (Wildman–Crippen LogP) is 2.92. The van der Waals surface area contributed by atoms with Crippen LogP contribution in [0.4, 0.5) is 0 Å². The fourth-order valence-electron chi connectivity index (χ4n) is 4.06. The van der Waals surface area contributed by atoms with Crippen molar-refractivity contribution in [2.45, 2.75) is 44.2 Å². The van der Waals surface area contributed by atoms with E-state index in [1.807, 2.05) is 68.4 Å². The molecule has 1 heterocycles. The van der Waals surface area contributed by atoms with Gasteiger partial charge in [0, 0.05) is 23.6 Å². The molecule has 0 fully saturated rings. The SMILES string of the molecule is CC(C)C[C@@H](C(=O)N[C@H]1Cc2ccccc2CNC1=O)[C@@H](CSc1ccccc1)C(=O)NO. The highest BCUT2D eigenvalue weighted by atomic mass is 32.2. The molecule has 0 unspecified atom stereocenters. The Bertz CT molecular complexity index is 967. The minimum Gasteiger partial charge on any atom is -0.350 e. The Labute approximate surface area is 198 Å². The lowest BCUT2D eigenvalue weighted by Gasteiger charge is -2.28. The van der Waals surface area contributed by atoms with Crippen LogP contribution in [0.25, 0.3) is 0 Å². The van der Waals surface area contributed by atoms with Crippen LogP contribution in [0.2, 0.25) is 0 Å². The third kappa shape index (κ3) is 6.82. The zero-order chi connectivity index (χ0) is 23.8. The summed E-state index contributed by atoms with van der Waals surface area (Å²) in [5.74, 6) is -2.20. The summed E-state index contributed by atoms with van der Waals surface area (Å²) in [5.41, 5.74) is 3.77. The van der Waals surface area contributed by atoms with E-state index >= 15 is 0 Å². The van der Waals surface area contributed by atoms with E-state index in [1.54, 1.807) is 5.48 Å². The summed E-state index contributed by atoms with van der Waals surface area (Å²) >= 11 is 1.45. The molecule has 0 bridgehead atoms. The molecule has 33 heavy (non-hydrogen) atoms. The van der Waals surface area contributed by atoms with Crippen LogP contribution in [-0.2, 0) is 27.3 Å². The minimum atomic E-state index is -0.760. The highest BCUT2D eigenvalue weighted by molar-refractivity contribution is 7.99. The number of hydrogen-bond acceptors (Lipinski definition) is 5. The van der Waals surface area contributed by atoms with Gasteiger partial charge in [-0.1, -0.05) is 56.3 Å². The van der Waals surface area contributed by atoms with Crippen molar-refractivity contribution < 1.29 is 19.6 Å². The Kier molecular flexibility index (Phi) is 8.91. The predicted molar refractivity (Wildman–Crippen MR) is 127 cm³/mol. The lowest BCUT2D eigenvalue weighted by Crippen LogP contribution is -2.51. The van der Waals surface area contributed by atoms with Crippen LogP contribution in [0.3, 0.4) is 0 Å². The van der Waals surface area contributed by atoms with Gasteiger partial charge in [-0.2, -0.15) is 0 Å². The number of hydrogen-bond donors (Lipinski definition) is 4. The number of fused-ring (bicyclic) bond motifs is 1. The first-order valence-corrected chi connectivity index (χ1v) is 12.1. The van der Waals surface area contributed by atoms with Crippen molar-refractivity contribution in [3.8, 4) is 0 Å². The third-order valence-electron chi connectivity index (χ3n) is 5.80. The third-order valence-corrected chi connectivity index (χ3v) is 6.93. The topological polar surface area (TPSA) is 108 Å². The van der Waals surface area contributed by atoms with Crippen molar-refractivity contribution in [3.05, 3.63) is 65.7 Å². The van der Waals surface area contributed by atoms with E-state index in [9.17, 15) is 19.6 Å². The summed E-state index contributed by atoms with van der Waals surface area (Å²) in [6, 6.07) is 16.6. The second-order valence-corrected chi connectivity index (χ2v) is 9.79. The quantitative estimate of drug-likeness (QED) is 0.257. The molecule has 1 aliphatic rings. The molecule has 3 atom stereocenters. The van der Waals surface area contributed by atoms with Crippen molar-refractivity contribution in [1.29, 1.82) is 0 Å². The maximum atomic E-state index is 13.4. The zero-order valence-corrected chi connectivity index (χ0v) is 19.7. The Morgan fingerprint density at radius 2 is 1.70 bits per heavy atom. The fraction of sp³-hybridized carbons (Fsp3) is 0.400. The normalized spacial score (nSPS) is 17.3. The number of benzene rings is 2. The monoisotopic (exact) mass is 469 g/mol. The second-order valence-electron chi connectivity index (χ2n) is 8.69. The van der Waals surface area contributed by atoms with Crippen LogP contribution < -0.4 is 16.1 Å². The zero-order valence-electron chi connectivity index (χ0n) is 18.9. The van der Waals surface area contributed by atoms with Gasteiger partial charge in [-0.05, 0) is 35.6 Å². The van der Waals surface area contributed by atoms with Gasteiger partial charge in [0.2, 0.25) is 17.7 Å². The van der Waals surface area contributed by atoms with Gasteiger partial charge in [0.25, 0.3) is 0 Å². The van der Waals surface area contributed by atoms with Gasteiger partial charge >= 0.3 is 0 Å². The molecule has 176 valence electrons. The molecular formula is C25H31N3O4S. The Hall–Kier alpha value is -2.84. The first-order chi connectivity index (χ1) is 15.9. The van der Waals surface area contributed by atoms with Crippen molar-refractivity contribution in [2.75, 3.05) is 5.75 Å². The molecule has 0 radical (unpaired) electrons. The molecule has 0 aliphatic carbocycles. The molecule has 1 aliphatic heterocycles. The van der Waals surface area contributed by atoms with Gasteiger partial charge in [0.1, 0.15) is 6.04 Å². The van der Waals surface area contributed by atoms with Gasteiger partial charge < -0.3 is 10.6 Å². The molecule has 3 rings (SSSR count). The molecule has 0 saturated carbocycles. The summed E-state index contributed by atoms with van der Waals surface area (Å²) in [6.07, 6.45) is 0.835.